The largest absolute Gasteiger partial charge is 0.207 e. The zero-order valence-corrected chi connectivity index (χ0v) is 9.24. The van der Waals surface area contributed by atoms with Gasteiger partial charge in [-0.15, -0.1) is 0 Å². The lowest BCUT2D eigenvalue weighted by Gasteiger charge is -2.05. The molecule has 78 valence electrons. The van der Waals surface area contributed by atoms with Gasteiger partial charge in [-0.1, -0.05) is 22.9 Å². The molecule has 0 N–H and O–H groups in total. The number of hydrogen-bond donors (Lipinski definition) is 0. The maximum Gasteiger partial charge on any atom is 0.161 e. The fourth-order valence-corrected chi connectivity index (χ4v) is 1.34. The first-order valence-electron chi connectivity index (χ1n) is 4.28. The zero-order chi connectivity index (χ0) is 10.7. The molecule has 0 nitrogen and oxygen atoms in total. The minimum atomic E-state index is -1.14. The van der Waals surface area contributed by atoms with Crippen LogP contribution in [0, 0.1) is 17.5 Å². The predicted octanol–water partition coefficient (Wildman–Crippen LogP) is 3.82. The van der Waals surface area contributed by atoms with Crippen LogP contribution >= 0.6 is 15.9 Å². The van der Waals surface area contributed by atoms with E-state index in [0.717, 1.165) is 6.07 Å². The number of alkyl halides is 1. The average Bonchev–Trinajstić information content (AvgIpc) is 2.09. The van der Waals surface area contributed by atoms with Crippen LogP contribution in [-0.4, -0.2) is 4.83 Å². The normalized spacial score (nSPS) is 12.9. The van der Waals surface area contributed by atoms with Crippen LogP contribution in [0.1, 0.15) is 18.9 Å². The first-order valence-corrected chi connectivity index (χ1v) is 5.19. The van der Waals surface area contributed by atoms with Crippen molar-refractivity contribution in [3.05, 3.63) is 35.1 Å². The summed E-state index contributed by atoms with van der Waals surface area (Å²) in [4.78, 5) is 0.231. The zero-order valence-electron chi connectivity index (χ0n) is 7.66. The monoisotopic (exact) mass is 266 g/mol. The molecule has 1 rings (SSSR count). The van der Waals surface area contributed by atoms with Crippen molar-refractivity contribution in [2.45, 2.75) is 24.6 Å². The molecule has 0 aliphatic rings. The highest BCUT2D eigenvalue weighted by Crippen LogP contribution is 2.17. The number of benzene rings is 1. The van der Waals surface area contributed by atoms with Crippen LogP contribution in [0.3, 0.4) is 0 Å². The van der Waals surface area contributed by atoms with E-state index in [1.165, 1.54) is 0 Å². The summed E-state index contributed by atoms with van der Waals surface area (Å²) in [6.45, 7) is 1.91. The van der Waals surface area contributed by atoms with Gasteiger partial charge in [0.1, 0.15) is 5.82 Å². The molecule has 0 fully saturated rings. The third-order valence-electron chi connectivity index (χ3n) is 1.90. The molecule has 0 aliphatic carbocycles. The van der Waals surface area contributed by atoms with Crippen LogP contribution in [0.2, 0.25) is 0 Å². The van der Waals surface area contributed by atoms with Crippen LogP contribution in [0.15, 0.2) is 12.1 Å². The van der Waals surface area contributed by atoms with Gasteiger partial charge in [0, 0.05) is 10.9 Å². The third kappa shape index (κ3) is 3.01. The van der Waals surface area contributed by atoms with Gasteiger partial charge in [-0.25, -0.2) is 13.2 Å². The van der Waals surface area contributed by atoms with E-state index in [9.17, 15) is 13.2 Å². The van der Waals surface area contributed by atoms with E-state index < -0.39 is 17.5 Å². The molecule has 0 saturated heterocycles. The number of aryl methyl sites for hydroxylation is 1. The van der Waals surface area contributed by atoms with Crippen molar-refractivity contribution >= 4 is 15.9 Å². The molecule has 0 spiro atoms. The highest BCUT2D eigenvalue weighted by Gasteiger charge is 2.10. The second-order valence-corrected chi connectivity index (χ2v) is 4.74. The Morgan fingerprint density at radius 1 is 1.14 bits per heavy atom. The Bertz CT molecular complexity index is 323. The van der Waals surface area contributed by atoms with Crippen molar-refractivity contribution in [2.24, 2.45) is 0 Å². The number of halogens is 4. The van der Waals surface area contributed by atoms with E-state index in [0.29, 0.717) is 18.9 Å². The first-order chi connectivity index (χ1) is 6.50. The maximum absolute atomic E-state index is 13.1. The molecule has 1 aromatic carbocycles. The fourth-order valence-electron chi connectivity index (χ4n) is 1.11. The van der Waals surface area contributed by atoms with E-state index in [1.807, 2.05) is 6.92 Å². The van der Waals surface area contributed by atoms with E-state index in [4.69, 9.17) is 0 Å². The third-order valence-corrected chi connectivity index (χ3v) is 2.36. The molecule has 0 bridgehead atoms. The Balaban J connectivity index is 2.82. The summed E-state index contributed by atoms with van der Waals surface area (Å²) in [7, 11) is 0. The average molecular weight is 267 g/mol. The first kappa shape index (κ1) is 11.6. The van der Waals surface area contributed by atoms with Crippen molar-refractivity contribution in [1.82, 2.24) is 0 Å². The molecule has 0 aromatic heterocycles. The van der Waals surface area contributed by atoms with Gasteiger partial charge in [0.05, 0.1) is 0 Å². The van der Waals surface area contributed by atoms with Gasteiger partial charge in [-0.05, 0) is 24.5 Å². The number of rotatable bonds is 3. The SMILES string of the molecule is CC(Br)CCc1cc(F)c(F)cc1F. The minimum absolute atomic E-state index is 0.218. The standard InChI is InChI=1S/C10H10BrF3/c1-6(11)2-3-7-4-9(13)10(14)5-8(7)12/h4-6H,2-3H2,1H3. The lowest BCUT2D eigenvalue weighted by molar-refractivity contribution is 0.489. The minimum Gasteiger partial charge on any atom is -0.207 e. The van der Waals surface area contributed by atoms with Gasteiger partial charge in [0.25, 0.3) is 0 Å². The summed E-state index contributed by atoms with van der Waals surface area (Å²) in [6, 6.07) is 1.50. The highest BCUT2D eigenvalue weighted by molar-refractivity contribution is 9.09. The van der Waals surface area contributed by atoms with Crippen LogP contribution < -0.4 is 0 Å². The van der Waals surface area contributed by atoms with Crippen molar-refractivity contribution < 1.29 is 13.2 Å². The molecular weight excluding hydrogens is 257 g/mol. The van der Waals surface area contributed by atoms with Gasteiger partial charge >= 0.3 is 0 Å². The quantitative estimate of drug-likeness (QED) is 0.577. The Morgan fingerprint density at radius 2 is 1.71 bits per heavy atom. The summed E-state index contributed by atoms with van der Waals surface area (Å²) >= 11 is 3.30. The van der Waals surface area contributed by atoms with Crippen molar-refractivity contribution in [2.75, 3.05) is 0 Å². The summed E-state index contributed by atoms with van der Waals surface area (Å²) < 4.78 is 38.3. The summed E-state index contributed by atoms with van der Waals surface area (Å²) in [5.74, 6) is -2.82. The van der Waals surface area contributed by atoms with Gasteiger partial charge in [-0.3, -0.25) is 0 Å². The molecule has 0 aliphatic heterocycles. The van der Waals surface area contributed by atoms with Gasteiger partial charge in [-0.2, -0.15) is 0 Å². The predicted molar refractivity (Wildman–Crippen MR) is 53.0 cm³/mol. The van der Waals surface area contributed by atoms with Crippen LogP contribution in [0.25, 0.3) is 0 Å². The maximum atomic E-state index is 13.1. The molecule has 0 radical (unpaired) electrons. The molecule has 1 atom stereocenters. The molecule has 4 heteroatoms. The van der Waals surface area contributed by atoms with E-state index in [1.54, 1.807) is 0 Å². The molecule has 0 saturated carbocycles. The molecule has 1 aromatic rings. The molecule has 14 heavy (non-hydrogen) atoms. The highest BCUT2D eigenvalue weighted by atomic mass is 79.9. The molecular formula is C10H10BrF3. The summed E-state index contributed by atoms with van der Waals surface area (Å²) in [5.41, 5.74) is 0.218. The van der Waals surface area contributed by atoms with E-state index in [-0.39, 0.29) is 10.4 Å². The Labute approximate surface area is 89.3 Å². The second kappa shape index (κ2) is 4.82. The van der Waals surface area contributed by atoms with E-state index >= 15 is 0 Å². The lowest BCUT2D eigenvalue weighted by Crippen LogP contribution is -1.99. The fraction of sp³-hybridized carbons (Fsp3) is 0.400. The van der Waals surface area contributed by atoms with Crippen molar-refractivity contribution in [1.29, 1.82) is 0 Å². The summed E-state index contributed by atoms with van der Waals surface area (Å²) in [6.07, 6.45) is 1.08. The molecule has 0 amide bonds. The summed E-state index contributed by atoms with van der Waals surface area (Å²) in [5, 5.41) is 0. The van der Waals surface area contributed by atoms with Crippen molar-refractivity contribution in [3.8, 4) is 0 Å². The number of hydrogen-bond acceptors (Lipinski definition) is 0. The topological polar surface area (TPSA) is 0 Å². The lowest BCUT2D eigenvalue weighted by atomic mass is 10.1. The van der Waals surface area contributed by atoms with Gasteiger partial charge < -0.3 is 0 Å². The van der Waals surface area contributed by atoms with Gasteiger partial charge in [0.15, 0.2) is 11.6 Å². The molecule has 0 heterocycles. The van der Waals surface area contributed by atoms with Crippen LogP contribution in [-0.2, 0) is 6.42 Å². The second-order valence-electron chi connectivity index (χ2n) is 3.18. The smallest absolute Gasteiger partial charge is 0.161 e. The van der Waals surface area contributed by atoms with Crippen LogP contribution in [0.4, 0.5) is 13.2 Å². The van der Waals surface area contributed by atoms with Gasteiger partial charge in [0.2, 0.25) is 0 Å². The Morgan fingerprint density at radius 3 is 2.29 bits per heavy atom. The molecule has 1 unspecified atom stereocenters. The Hall–Kier alpha value is -0.510. The van der Waals surface area contributed by atoms with Crippen LogP contribution in [0.5, 0.6) is 0 Å². The van der Waals surface area contributed by atoms with E-state index in [2.05, 4.69) is 15.9 Å². The van der Waals surface area contributed by atoms with Crippen molar-refractivity contribution in [3.63, 3.8) is 0 Å². The Kier molecular flexibility index (Phi) is 3.98.